The molecule has 2 unspecified atom stereocenters. The van der Waals surface area contributed by atoms with Crippen LogP contribution in [0.5, 0.6) is 0 Å². The standard InChI is InChI=1S/C12H22N2O3/c1-12(2)9(7-10(12)15)13-8-11(16)14-3-5-17-6-4-14/h9-10,13,15H,3-8H2,1-2H3. The first kappa shape index (κ1) is 12.8. The van der Waals surface area contributed by atoms with Crippen LogP contribution in [0.4, 0.5) is 0 Å². The summed E-state index contributed by atoms with van der Waals surface area (Å²) in [4.78, 5) is 13.7. The van der Waals surface area contributed by atoms with Gasteiger partial charge < -0.3 is 20.1 Å². The fourth-order valence-corrected chi connectivity index (χ4v) is 2.38. The van der Waals surface area contributed by atoms with Gasteiger partial charge in [0.2, 0.25) is 5.91 Å². The second-order valence-electron chi connectivity index (χ2n) is 5.50. The zero-order chi connectivity index (χ0) is 12.5. The molecule has 1 aliphatic carbocycles. The Labute approximate surface area is 102 Å². The number of nitrogens with one attached hydrogen (secondary N) is 1. The van der Waals surface area contributed by atoms with Crippen LogP contribution in [0.3, 0.4) is 0 Å². The summed E-state index contributed by atoms with van der Waals surface area (Å²) < 4.78 is 5.21. The lowest BCUT2D eigenvalue weighted by molar-refractivity contribution is -0.135. The maximum Gasteiger partial charge on any atom is 0.236 e. The monoisotopic (exact) mass is 242 g/mol. The van der Waals surface area contributed by atoms with E-state index in [0.717, 1.165) is 6.42 Å². The highest BCUT2D eigenvalue weighted by molar-refractivity contribution is 5.78. The number of rotatable bonds is 3. The highest BCUT2D eigenvalue weighted by Gasteiger charge is 2.47. The number of nitrogens with zero attached hydrogens (tertiary/aromatic N) is 1. The van der Waals surface area contributed by atoms with Crippen LogP contribution in [-0.2, 0) is 9.53 Å². The summed E-state index contributed by atoms with van der Waals surface area (Å²) >= 11 is 0. The lowest BCUT2D eigenvalue weighted by Gasteiger charge is -2.49. The van der Waals surface area contributed by atoms with Crippen LogP contribution in [0.15, 0.2) is 0 Å². The predicted molar refractivity (Wildman–Crippen MR) is 63.6 cm³/mol. The maximum absolute atomic E-state index is 11.9. The van der Waals surface area contributed by atoms with Crippen molar-refractivity contribution in [3.8, 4) is 0 Å². The molecule has 1 amide bonds. The molecule has 0 aromatic heterocycles. The average Bonchev–Trinajstić information content (AvgIpc) is 2.35. The van der Waals surface area contributed by atoms with Gasteiger partial charge in [0.15, 0.2) is 0 Å². The molecule has 0 bridgehead atoms. The van der Waals surface area contributed by atoms with Crippen molar-refractivity contribution in [1.82, 2.24) is 10.2 Å². The first-order valence-corrected chi connectivity index (χ1v) is 6.29. The summed E-state index contributed by atoms with van der Waals surface area (Å²) in [6.07, 6.45) is 0.488. The van der Waals surface area contributed by atoms with Crippen molar-refractivity contribution < 1.29 is 14.6 Å². The first-order valence-electron chi connectivity index (χ1n) is 6.29. The van der Waals surface area contributed by atoms with Gasteiger partial charge in [-0.25, -0.2) is 0 Å². The normalized spacial score (nSPS) is 32.1. The van der Waals surface area contributed by atoms with Crippen LogP contribution in [0.1, 0.15) is 20.3 Å². The van der Waals surface area contributed by atoms with Crippen molar-refractivity contribution in [2.75, 3.05) is 32.8 Å². The summed E-state index contributed by atoms with van der Waals surface area (Å²) in [7, 11) is 0. The fourth-order valence-electron chi connectivity index (χ4n) is 2.38. The van der Waals surface area contributed by atoms with Crippen molar-refractivity contribution in [1.29, 1.82) is 0 Å². The van der Waals surface area contributed by atoms with Crippen molar-refractivity contribution in [2.24, 2.45) is 5.41 Å². The molecule has 0 aromatic rings. The van der Waals surface area contributed by atoms with E-state index in [1.165, 1.54) is 0 Å². The second-order valence-corrected chi connectivity index (χ2v) is 5.50. The number of carbonyl (C=O) groups is 1. The number of hydrogen-bond donors (Lipinski definition) is 2. The molecule has 2 atom stereocenters. The molecule has 17 heavy (non-hydrogen) atoms. The van der Waals surface area contributed by atoms with Crippen LogP contribution >= 0.6 is 0 Å². The quantitative estimate of drug-likeness (QED) is 0.706. The van der Waals surface area contributed by atoms with Gasteiger partial charge in [-0.15, -0.1) is 0 Å². The Morgan fingerprint density at radius 2 is 2.12 bits per heavy atom. The van der Waals surface area contributed by atoms with Gasteiger partial charge in [0.05, 0.1) is 25.9 Å². The van der Waals surface area contributed by atoms with Gasteiger partial charge in [-0.3, -0.25) is 4.79 Å². The molecule has 2 aliphatic rings. The van der Waals surface area contributed by atoms with Crippen LogP contribution < -0.4 is 5.32 Å². The second kappa shape index (κ2) is 4.92. The summed E-state index contributed by atoms with van der Waals surface area (Å²) in [5, 5.41) is 12.9. The van der Waals surface area contributed by atoms with E-state index < -0.39 is 0 Å². The molecule has 1 aliphatic heterocycles. The van der Waals surface area contributed by atoms with Gasteiger partial charge in [-0.2, -0.15) is 0 Å². The zero-order valence-electron chi connectivity index (χ0n) is 10.6. The van der Waals surface area contributed by atoms with Gasteiger partial charge in [0.25, 0.3) is 0 Å². The molecule has 2 fully saturated rings. The molecule has 0 spiro atoms. The fraction of sp³-hybridized carbons (Fsp3) is 0.917. The minimum absolute atomic E-state index is 0.120. The number of carbonyl (C=O) groups excluding carboxylic acids is 1. The van der Waals surface area contributed by atoms with E-state index in [0.29, 0.717) is 32.8 Å². The zero-order valence-corrected chi connectivity index (χ0v) is 10.6. The van der Waals surface area contributed by atoms with Crippen molar-refractivity contribution in [2.45, 2.75) is 32.4 Å². The van der Waals surface area contributed by atoms with Gasteiger partial charge >= 0.3 is 0 Å². The van der Waals surface area contributed by atoms with Crippen LogP contribution in [0, 0.1) is 5.41 Å². The molecule has 5 heteroatoms. The largest absolute Gasteiger partial charge is 0.392 e. The van der Waals surface area contributed by atoms with E-state index in [4.69, 9.17) is 4.74 Å². The number of hydrogen-bond acceptors (Lipinski definition) is 4. The predicted octanol–water partition coefficient (Wildman–Crippen LogP) is -0.406. The van der Waals surface area contributed by atoms with Gasteiger partial charge in [-0.1, -0.05) is 13.8 Å². The minimum atomic E-state index is -0.251. The molecule has 0 radical (unpaired) electrons. The van der Waals surface area contributed by atoms with Crippen LogP contribution in [0.25, 0.3) is 0 Å². The van der Waals surface area contributed by atoms with E-state index in [9.17, 15) is 9.90 Å². The van der Waals surface area contributed by atoms with E-state index in [2.05, 4.69) is 5.32 Å². The van der Waals surface area contributed by atoms with Crippen LogP contribution in [0.2, 0.25) is 0 Å². The highest BCUT2D eigenvalue weighted by atomic mass is 16.5. The van der Waals surface area contributed by atoms with E-state index in [-0.39, 0.29) is 23.5 Å². The summed E-state index contributed by atoms with van der Waals surface area (Å²) in [6, 6.07) is 0.238. The van der Waals surface area contributed by atoms with Crippen LogP contribution in [-0.4, -0.2) is 60.9 Å². The Balaban J connectivity index is 1.73. The number of aliphatic hydroxyl groups excluding tert-OH is 1. The summed E-state index contributed by atoms with van der Waals surface area (Å²) in [5.41, 5.74) is -0.120. The Bertz CT molecular complexity index is 287. The lowest BCUT2D eigenvalue weighted by Crippen LogP contribution is -2.61. The van der Waals surface area contributed by atoms with E-state index in [1.807, 2.05) is 18.7 Å². The Morgan fingerprint density at radius 1 is 1.47 bits per heavy atom. The number of morpholine rings is 1. The minimum Gasteiger partial charge on any atom is -0.392 e. The molecule has 2 rings (SSSR count). The van der Waals surface area contributed by atoms with Crippen molar-refractivity contribution in [3.63, 3.8) is 0 Å². The molecule has 1 heterocycles. The summed E-state index contributed by atoms with van der Waals surface area (Å²) in [6.45, 7) is 7.07. The first-order chi connectivity index (χ1) is 8.01. The molecule has 98 valence electrons. The lowest BCUT2D eigenvalue weighted by atomic mass is 9.64. The van der Waals surface area contributed by atoms with E-state index >= 15 is 0 Å². The van der Waals surface area contributed by atoms with Gasteiger partial charge in [-0.05, 0) is 6.42 Å². The topological polar surface area (TPSA) is 61.8 Å². The van der Waals surface area contributed by atoms with E-state index in [1.54, 1.807) is 0 Å². The molecular formula is C12H22N2O3. The third-order valence-electron chi connectivity index (χ3n) is 4.08. The molecule has 1 saturated carbocycles. The molecule has 0 aromatic carbocycles. The third-order valence-corrected chi connectivity index (χ3v) is 4.08. The average molecular weight is 242 g/mol. The van der Waals surface area contributed by atoms with Crippen molar-refractivity contribution >= 4 is 5.91 Å². The maximum atomic E-state index is 11.9. The third kappa shape index (κ3) is 2.61. The van der Waals surface area contributed by atoms with Crippen molar-refractivity contribution in [3.05, 3.63) is 0 Å². The molecule has 1 saturated heterocycles. The van der Waals surface area contributed by atoms with Gasteiger partial charge in [0.1, 0.15) is 0 Å². The highest BCUT2D eigenvalue weighted by Crippen LogP contribution is 2.40. The number of ether oxygens (including phenoxy) is 1. The molecular weight excluding hydrogens is 220 g/mol. The molecule has 5 nitrogen and oxygen atoms in total. The summed E-state index contributed by atoms with van der Waals surface area (Å²) in [5.74, 6) is 0.130. The Morgan fingerprint density at radius 3 is 2.65 bits per heavy atom. The molecule has 2 N–H and O–H groups in total. The number of amides is 1. The Kier molecular flexibility index (Phi) is 3.70. The Hall–Kier alpha value is -0.650. The SMILES string of the molecule is CC1(C)C(O)CC1NCC(=O)N1CCOCC1. The number of aliphatic hydroxyl groups is 1. The smallest absolute Gasteiger partial charge is 0.236 e. The van der Waals surface area contributed by atoms with Gasteiger partial charge in [0, 0.05) is 24.5 Å².